The zero-order valence-electron chi connectivity index (χ0n) is 19.2. The normalized spacial score (nSPS) is 20.6. The molecule has 2 aliphatic carbocycles. The molecule has 2 aromatic carbocycles. The summed E-state index contributed by atoms with van der Waals surface area (Å²) in [7, 11) is 1.67. The molecule has 2 N–H and O–H groups in total. The number of carbonyl (C=O) groups is 3. The number of aliphatic carboxylic acids is 1. The molecule has 2 amide bonds. The summed E-state index contributed by atoms with van der Waals surface area (Å²) < 4.78 is 5.62. The van der Waals surface area contributed by atoms with Crippen LogP contribution in [0.3, 0.4) is 0 Å². The molecule has 0 saturated heterocycles. The second kappa shape index (κ2) is 8.89. The molecule has 174 valence electrons. The minimum absolute atomic E-state index is 0.0580. The minimum atomic E-state index is -1.13. The first-order valence-corrected chi connectivity index (χ1v) is 11.4. The molecule has 1 atom stereocenters. The van der Waals surface area contributed by atoms with Crippen LogP contribution >= 0.6 is 0 Å². The van der Waals surface area contributed by atoms with Crippen molar-refractivity contribution in [2.45, 2.75) is 50.6 Å². The standard InChI is InChI=1S/C26H30N2O5/c1-4-26(2,24(31)28(3)17-13-16(14-17)23(29)30)27-25(32)33-15-22-20-11-7-5-9-18(20)19-10-6-8-12-21(19)22/h5-12,16-17,22H,4,13-15H2,1-3H3,(H,27,32)(H,29,30). The fraction of sp³-hybridized carbons (Fsp3) is 0.423. The summed E-state index contributed by atoms with van der Waals surface area (Å²) in [5.41, 5.74) is 3.41. The van der Waals surface area contributed by atoms with Crippen molar-refractivity contribution in [2.24, 2.45) is 5.92 Å². The monoisotopic (exact) mass is 450 g/mol. The smallest absolute Gasteiger partial charge is 0.408 e. The average molecular weight is 451 g/mol. The molecular formula is C26H30N2O5. The molecule has 7 nitrogen and oxygen atoms in total. The van der Waals surface area contributed by atoms with Gasteiger partial charge in [-0.15, -0.1) is 0 Å². The van der Waals surface area contributed by atoms with Crippen molar-refractivity contribution in [3.05, 3.63) is 59.7 Å². The summed E-state index contributed by atoms with van der Waals surface area (Å²) in [6.45, 7) is 3.68. The summed E-state index contributed by atoms with van der Waals surface area (Å²) in [5, 5.41) is 11.9. The summed E-state index contributed by atoms with van der Waals surface area (Å²) in [6.07, 6.45) is 0.611. The van der Waals surface area contributed by atoms with Crippen LogP contribution in [0.4, 0.5) is 4.79 Å². The van der Waals surface area contributed by atoms with E-state index < -0.39 is 23.5 Å². The Bertz CT molecular complexity index is 1030. The SMILES string of the molecule is CCC(C)(NC(=O)OCC1c2ccccc2-c2ccccc21)C(=O)N(C)C1CC(C(=O)O)C1. The molecule has 0 heterocycles. The van der Waals surface area contributed by atoms with Gasteiger partial charge in [0.2, 0.25) is 5.91 Å². The van der Waals surface area contributed by atoms with Gasteiger partial charge in [-0.1, -0.05) is 55.5 Å². The van der Waals surface area contributed by atoms with Gasteiger partial charge in [0.25, 0.3) is 0 Å². The molecule has 0 aromatic heterocycles. The van der Waals surface area contributed by atoms with E-state index in [2.05, 4.69) is 29.6 Å². The fourth-order valence-electron chi connectivity index (χ4n) is 4.81. The molecule has 33 heavy (non-hydrogen) atoms. The topological polar surface area (TPSA) is 95.9 Å². The molecule has 0 aliphatic heterocycles. The number of nitrogens with zero attached hydrogens (tertiary/aromatic N) is 1. The molecule has 0 bridgehead atoms. The van der Waals surface area contributed by atoms with Gasteiger partial charge >= 0.3 is 12.1 Å². The highest BCUT2D eigenvalue weighted by Gasteiger charge is 2.43. The summed E-state index contributed by atoms with van der Waals surface area (Å²) in [5.74, 6) is -1.54. The quantitative estimate of drug-likeness (QED) is 0.664. The largest absolute Gasteiger partial charge is 0.481 e. The van der Waals surface area contributed by atoms with Crippen LogP contribution < -0.4 is 5.32 Å². The number of benzene rings is 2. The Hall–Kier alpha value is -3.35. The van der Waals surface area contributed by atoms with Crippen LogP contribution in [-0.2, 0) is 14.3 Å². The highest BCUT2D eigenvalue weighted by Crippen LogP contribution is 2.44. The summed E-state index contributed by atoms with van der Waals surface area (Å²) >= 11 is 0. The van der Waals surface area contributed by atoms with Gasteiger partial charge in [0.05, 0.1) is 5.92 Å². The van der Waals surface area contributed by atoms with E-state index in [-0.39, 0.29) is 24.5 Å². The Morgan fingerprint density at radius 1 is 1.06 bits per heavy atom. The van der Waals surface area contributed by atoms with Crippen LogP contribution in [0.15, 0.2) is 48.5 Å². The third-order valence-corrected chi connectivity index (χ3v) is 7.23. The number of likely N-dealkylation sites (N-methyl/N-ethyl adjacent to an activating group) is 1. The number of rotatable bonds is 7. The number of ether oxygens (including phenoxy) is 1. The molecule has 1 fully saturated rings. The van der Waals surface area contributed by atoms with Crippen LogP contribution in [0.2, 0.25) is 0 Å². The maximum Gasteiger partial charge on any atom is 0.408 e. The Morgan fingerprint density at radius 2 is 1.61 bits per heavy atom. The summed E-state index contributed by atoms with van der Waals surface area (Å²) in [4.78, 5) is 38.5. The molecule has 1 unspecified atom stereocenters. The number of fused-ring (bicyclic) bond motifs is 3. The van der Waals surface area contributed by atoms with Gasteiger partial charge in [-0.3, -0.25) is 9.59 Å². The van der Waals surface area contributed by atoms with Crippen molar-refractivity contribution in [2.75, 3.05) is 13.7 Å². The third-order valence-electron chi connectivity index (χ3n) is 7.23. The van der Waals surface area contributed by atoms with E-state index in [1.807, 2.05) is 31.2 Å². The van der Waals surface area contributed by atoms with Crippen LogP contribution in [-0.4, -0.2) is 53.2 Å². The van der Waals surface area contributed by atoms with E-state index in [9.17, 15) is 14.4 Å². The average Bonchev–Trinajstić information content (AvgIpc) is 3.09. The van der Waals surface area contributed by atoms with Crippen molar-refractivity contribution in [3.8, 4) is 11.1 Å². The second-order valence-corrected chi connectivity index (χ2v) is 9.21. The van der Waals surface area contributed by atoms with Crippen molar-refractivity contribution >= 4 is 18.0 Å². The maximum atomic E-state index is 13.1. The predicted molar refractivity (Wildman–Crippen MR) is 124 cm³/mol. The first-order chi connectivity index (χ1) is 15.7. The number of carboxylic acids is 1. The van der Waals surface area contributed by atoms with Crippen molar-refractivity contribution in [1.29, 1.82) is 0 Å². The molecule has 0 spiro atoms. The molecular weight excluding hydrogens is 420 g/mol. The zero-order valence-corrected chi connectivity index (χ0v) is 19.2. The molecule has 2 aliphatic rings. The van der Waals surface area contributed by atoms with Crippen LogP contribution in [0.5, 0.6) is 0 Å². The lowest BCUT2D eigenvalue weighted by molar-refractivity contribution is -0.151. The Kier molecular flexibility index (Phi) is 6.15. The fourth-order valence-corrected chi connectivity index (χ4v) is 4.81. The lowest BCUT2D eigenvalue weighted by atomic mass is 9.79. The molecule has 1 saturated carbocycles. The molecule has 4 rings (SSSR count). The van der Waals surface area contributed by atoms with E-state index in [0.29, 0.717) is 19.3 Å². The van der Waals surface area contributed by atoms with E-state index in [1.54, 1.807) is 18.9 Å². The van der Waals surface area contributed by atoms with Crippen molar-refractivity contribution in [1.82, 2.24) is 10.2 Å². The minimum Gasteiger partial charge on any atom is -0.481 e. The van der Waals surface area contributed by atoms with Gasteiger partial charge in [0, 0.05) is 19.0 Å². The van der Waals surface area contributed by atoms with Crippen LogP contribution in [0, 0.1) is 5.92 Å². The Balaban J connectivity index is 1.40. The third kappa shape index (κ3) is 4.19. The number of nitrogens with one attached hydrogen (secondary N) is 1. The number of carboxylic acid groups (broad SMARTS) is 1. The van der Waals surface area contributed by atoms with Gasteiger partial charge in [-0.25, -0.2) is 4.79 Å². The predicted octanol–water partition coefficient (Wildman–Crippen LogP) is 4.02. The van der Waals surface area contributed by atoms with Gasteiger partial charge in [-0.2, -0.15) is 0 Å². The van der Waals surface area contributed by atoms with Gasteiger partial charge in [0.15, 0.2) is 0 Å². The zero-order chi connectivity index (χ0) is 23.8. The highest BCUT2D eigenvalue weighted by molar-refractivity contribution is 5.90. The highest BCUT2D eigenvalue weighted by atomic mass is 16.5. The number of hydrogen-bond acceptors (Lipinski definition) is 4. The second-order valence-electron chi connectivity index (χ2n) is 9.21. The first kappa shape index (κ1) is 22.8. The number of amides is 2. The van der Waals surface area contributed by atoms with Crippen molar-refractivity contribution in [3.63, 3.8) is 0 Å². The lowest BCUT2D eigenvalue weighted by Gasteiger charge is -2.42. The van der Waals surface area contributed by atoms with Crippen LogP contribution in [0.25, 0.3) is 11.1 Å². The lowest BCUT2D eigenvalue weighted by Crippen LogP contribution is -2.60. The van der Waals surface area contributed by atoms with Crippen LogP contribution in [0.1, 0.15) is 50.2 Å². The van der Waals surface area contributed by atoms with E-state index >= 15 is 0 Å². The molecule has 0 radical (unpaired) electrons. The van der Waals surface area contributed by atoms with E-state index in [0.717, 1.165) is 22.3 Å². The maximum absolute atomic E-state index is 13.1. The Labute approximate surface area is 193 Å². The number of alkyl carbamates (subject to hydrolysis) is 1. The molecule has 7 heteroatoms. The van der Waals surface area contributed by atoms with E-state index in [4.69, 9.17) is 9.84 Å². The Morgan fingerprint density at radius 3 is 2.12 bits per heavy atom. The number of hydrogen-bond donors (Lipinski definition) is 2. The van der Waals surface area contributed by atoms with Crippen molar-refractivity contribution < 1.29 is 24.2 Å². The van der Waals surface area contributed by atoms with Gasteiger partial charge in [-0.05, 0) is 48.4 Å². The van der Waals surface area contributed by atoms with Gasteiger partial charge < -0.3 is 20.1 Å². The summed E-state index contributed by atoms with van der Waals surface area (Å²) in [6, 6.07) is 16.1. The first-order valence-electron chi connectivity index (χ1n) is 11.4. The van der Waals surface area contributed by atoms with E-state index in [1.165, 1.54) is 0 Å². The molecule has 2 aromatic rings. The van der Waals surface area contributed by atoms with Gasteiger partial charge in [0.1, 0.15) is 12.1 Å². The number of carbonyl (C=O) groups excluding carboxylic acids is 2.